The van der Waals surface area contributed by atoms with Crippen LogP contribution >= 0.6 is 0 Å². The number of sulfonamides is 1. The molecule has 29 heavy (non-hydrogen) atoms. The van der Waals surface area contributed by atoms with Gasteiger partial charge in [-0.3, -0.25) is 0 Å². The number of aliphatic hydroxyl groups excluding tert-OH is 2. The summed E-state index contributed by atoms with van der Waals surface area (Å²) >= 11 is 0. The van der Waals surface area contributed by atoms with Crippen LogP contribution in [0.15, 0.2) is 36.4 Å². The lowest BCUT2D eigenvalue weighted by Crippen LogP contribution is -2.36. The first-order valence-corrected chi connectivity index (χ1v) is 11.6. The van der Waals surface area contributed by atoms with Crippen molar-refractivity contribution in [3.8, 4) is 11.3 Å². The molecular weight excluding hydrogens is 390 g/mol. The molecule has 1 aromatic carbocycles. The molecule has 0 aliphatic carbocycles. The first kappa shape index (κ1) is 21.7. The van der Waals surface area contributed by atoms with Crippen LogP contribution in [0.3, 0.4) is 0 Å². The van der Waals surface area contributed by atoms with E-state index in [1.54, 1.807) is 12.1 Å². The molecule has 2 N–H and O–H groups in total. The van der Waals surface area contributed by atoms with Gasteiger partial charge < -0.3 is 15.1 Å². The Morgan fingerprint density at radius 1 is 1.17 bits per heavy atom. The first-order chi connectivity index (χ1) is 13.7. The van der Waals surface area contributed by atoms with Gasteiger partial charge in [0.05, 0.1) is 24.3 Å². The molecule has 0 saturated heterocycles. The van der Waals surface area contributed by atoms with Gasteiger partial charge in [0.2, 0.25) is 10.0 Å². The molecule has 1 atom stereocenters. The van der Waals surface area contributed by atoms with Crippen molar-refractivity contribution in [3.63, 3.8) is 0 Å². The van der Waals surface area contributed by atoms with Crippen molar-refractivity contribution in [2.24, 2.45) is 5.92 Å². The van der Waals surface area contributed by atoms with Crippen LogP contribution in [-0.2, 0) is 16.6 Å². The minimum atomic E-state index is -3.31. The molecule has 7 nitrogen and oxygen atoms in total. The third kappa shape index (κ3) is 5.14. The molecular formula is C21H29N3O4S. The van der Waals surface area contributed by atoms with Gasteiger partial charge in [0.25, 0.3) is 0 Å². The molecule has 0 amide bonds. The first-order valence-electron chi connectivity index (χ1n) is 9.78. The van der Waals surface area contributed by atoms with E-state index in [9.17, 15) is 18.6 Å². The van der Waals surface area contributed by atoms with Gasteiger partial charge in [0.15, 0.2) is 0 Å². The maximum Gasteiger partial charge on any atom is 0.211 e. The highest BCUT2D eigenvalue weighted by Gasteiger charge is 2.25. The molecule has 1 aromatic heterocycles. The number of hydrogen-bond donors (Lipinski definition) is 2. The van der Waals surface area contributed by atoms with Crippen LogP contribution in [0.1, 0.15) is 31.2 Å². The van der Waals surface area contributed by atoms with E-state index < -0.39 is 22.7 Å². The zero-order valence-corrected chi connectivity index (χ0v) is 17.9. The number of pyridine rings is 1. The smallest absolute Gasteiger partial charge is 0.211 e. The highest BCUT2D eigenvalue weighted by molar-refractivity contribution is 7.88. The average molecular weight is 420 g/mol. The van der Waals surface area contributed by atoms with Crippen molar-refractivity contribution in [2.75, 3.05) is 37.4 Å². The second kappa shape index (κ2) is 8.79. The fourth-order valence-electron chi connectivity index (χ4n) is 3.61. The highest BCUT2D eigenvalue weighted by atomic mass is 32.2. The number of rotatable bonds is 6. The number of fused-ring (bicyclic) bond motifs is 1. The number of nitrogens with zero attached hydrogens (tertiary/aromatic N) is 3. The van der Waals surface area contributed by atoms with E-state index >= 15 is 0 Å². The average Bonchev–Trinajstić information content (AvgIpc) is 2.86. The Bertz CT molecular complexity index is 962. The molecule has 0 bridgehead atoms. The molecule has 2 aromatic rings. The fourth-order valence-corrected chi connectivity index (χ4v) is 4.39. The van der Waals surface area contributed by atoms with Crippen LogP contribution in [0, 0.1) is 5.92 Å². The van der Waals surface area contributed by atoms with E-state index in [2.05, 4.69) is 23.7 Å². The molecule has 1 aliphatic heterocycles. The van der Waals surface area contributed by atoms with Gasteiger partial charge in [-0.05, 0) is 35.7 Å². The molecule has 2 heterocycles. The lowest BCUT2D eigenvalue weighted by molar-refractivity contribution is 0.0923. The standard InChI is InChI=1S/C21H29N3O4S/c1-15(2)12-23-9-10-24(29(3,27)28)13-17-11-16(7-8-20(17)23)18-5-4-6-19(22-18)21(26)14-25/h4-8,11,15,21,25-26H,9-10,12-14H2,1-3H3/t21-/m1/s1. The number of benzene rings is 1. The van der Waals surface area contributed by atoms with Crippen LogP contribution in [0.2, 0.25) is 0 Å². The Morgan fingerprint density at radius 3 is 2.59 bits per heavy atom. The summed E-state index contributed by atoms with van der Waals surface area (Å²) in [6, 6.07) is 11.3. The molecule has 158 valence electrons. The van der Waals surface area contributed by atoms with Crippen LogP contribution in [-0.4, -0.2) is 60.4 Å². The summed E-state index contributed by atoms with van der Waals surface area (Å²) in [4.78, 5) is 6.71. The summed E-state index contributed by atoms with van der Waals surface area (Å²) in [7, 11) is -3.31. The topological polar surface area (TPSA) is 94.0 Å². The summed E-state index contributed by atoms with van der Waals surface area (Å²) in [6.07, 6.45) is 0.216. The summed E-state index contributed by atoms with van der Waals surface area (Å²) in [5.41, 5.74) is 3.89. The summed E-state index contributed by atoms with van der Waals surface area (Å²) in [5, 5.41) is 19.1. The quantitative estimate of drug-likeness (QED) is 0.744. The van der Waals surface area contributed by atoms with Gasteiger partial charge in [-0.15, -0.1) is 0 Å². The molecule has 0 radical (unpaired) electrons. The van der Waals surface area contributed by atoms with E-state index in [1.807, 2.05) is 24.3 Å². The Labute approximate surface area is 172 Å². The summed E-state index contributed by atoms with van der Waals surface area (Å²) in [5.74, 6) is 0.450. The van der Waals surface area contributed by atoms with Crippen LogP contribution in [0.4, 0.5) is 5.69 Å². The summed E-state index contributed by atoms with van der Waals surface area (Å²) < 4.78 is 26.0. The van der Waals surface area contributed by atoms with Crippen LogP contribution < -0.4 is 4.90 Å². The van der Waals surface area contributed by atoms with Crippen molar-refractivity contribution < 1.29 is 18.6 Å². The summed E-state index contributed by atoms with van der Waals surface area (Å²) in [6.45, 7) is 6.16. The largest absolute Gasteiger partial charge is 0.393 e. The Balaban J connectivity index is 2.03. The van der Waals surface area contributed by atoms with Gasteiger partial charge in [-0.2, -0.15) is 4.31 Å². The van der Waals surface area contributed by atoms with E-state index in [0.29, 0.717) is 36.9 Å². The van der Waals surface area contributed by atoms with E-state index in [4.69, 9.17) is 0 Å². The Kier molecular flexibility index (Phi) is 6.58. The van der Waals surface area contributed by atoms with E-state index in [1.165, 1.54) is 10.6 Å². The maximum atomic E-state index is 12.2. The van der Waals surface area contributed by atoms with Crippen molar-refractivity contribution in [1.29, 1.82) is 0 Å². The maximum absolute atomic E-state index is 12.2. The molecule has 3 rings (SSSR count). The minimum Gasteiger partial charge on any atom is -0.393 e. The van der Waals surface area contributed by atoms with Gasteiger partial charge >= 0.3 is 0 Å². The highest BCUT2D eigenvalue weighted by Crippen LogP contribution is 2.31. The van der Waals surface area contributed by atoms with E-state index in [0.717, 1.165) is 23.4 Å². The Hall–Kier alpha value is -2.00. The zero-order chi connectivity index (χ0) is 21.2. The SMILES string of the molecule is CC(C)CN1CCN(S(C)(=O)=O)Cc2cc(-c3cccc([C@H](O)CO)n3)ccc21. The predicted octanol–water partition coefficient (Wildman–Crippen LogP) is 2.01. The van der Waals surface area contributed by atoms with Crippen molar-refractivity contribution in [2.45, 2.75) is 26.5 Å². The molecule has 0 unspecified atom stereocenters. The third-order valence-corrected chi connectivity index (χ3v) is 6.27. The number of aliphatic hydroxyl groups is 2. The number of aromatic nitrogens is 1. The third-order valence-electron chi connectivity index (χ3n) is 5.02. The van der Waals surface area contributed by atoms with Crippen LogP contribution in [0.5, 0.6) is 0 Å². The van der Waals surface area contributed by atoms with Crippen molar-refractivity contribution >= 4 is 15.7 Å². The van der Waals surface area contributed by atoms with Crippen molar-refractivity contribution in [3.05, 3.63) is 47.7 Å². The normalized spacial score (nSPS) is 16.6. The van der Waals surface area contributed by atoms with Gasteiger partial charge in [0.1, 0.15) is 6.10 Å². The van der Waals surface area contributed by atoms with Gasteiger partial charge in [-0.1, -0.05) is 26.0 Å². The molecule has 0 saturated carbocycles. The second-order valence-corrected chi connectivity index (χ2v) is 9.91. The monoisotopic (exact) mass is 419 g/mol. The zero-order valence-electron chi connectivity index (χ0n) is 17.1. The predicted molar refractivity (Wildman–Crippen MR) is 114 cm³/mol. The second-order valence-electron chi connectivity index (χ2n) is 7.93. The molecule has 0 fully saturated rings. The number of hydrogen-bond acceptors (Lipinski definition) is 6. The van der Waals surface area contributed by atoms with Crippen molar-refractivity contribution in [1.82, 2.24) is 9.29 Å². The fraction of sp³-hybridized carbons (Fsp3) is 0.476. The van der Waals surface area contributed by atoms with Gasteiger partial charge in [-0.25, -0.2) is 13.4 Å². The molecule has 8 heteroatoms. The number of anilines is 1. The van der Waals surface area contributed by atoms with Crippen LogP contribution in [0.25, 0.3) is 11.3 Å². The van der Waals surface area contributed by atoms with E-state index in [-0.39, 0.29) is 0 Å². The Morgan fingerprint density at radius 2 is 1.93 bits per heavy atom. The lowest BCUT2D eigenvalue weighted by Gasteiger charge is -2.27. The lowest BCUT2D eigenvalue weighted by atomic mass is 10.0. The molecule has 0 spiro atoms. The molecule has 1 aliphatic rings. The minimum absolute atomic E-state index is 0.315. The van der Waals surface area contributed by atoms with Gasteiger partial charge in [0, 0.05) is 37.4 Å².